The van der Waals surface area contributed by atoms with Crippen LogP contribution >= 0.6 is 0 Å². The number of carbonyl (C=O) groups is 1. The monoisotopic (exact) mass is 326 g/mol. The molecule has 5 nitrogen and oxygen atoms in total. The summed E-state index contributed by atoms with van der Waals surface area (Å²) < 4.78 is 23.3. The first-order chi connectivity index (χ1) is 11.6. The number of halogens is 1. The summed E-state index contributed by atoms with van der Waals surface area (Å²) in [7, 11) is 3.23. The van der Waals surface area contributed by atoms with E-state index in [0.717, 1.165) is 0 Å². The van der Waals surface area contributed by atoms with Crippen LogP contribution in [-0.2, 0) is 0 Å². The molecular formula is C18H15FN2O3. The zero-order chi connectivity index (χ0) is 17.1. The Morgan fingerprint density at radius 3 is 2.42 bits per heavy atom. The molecule has 0 spiro atoms. The number of hydrogen-bond donors (Lipinski definition) is 0. The minimum Gasteiger partial charge on any atom is -0.497 e. The Bertz CT molecular complexity index is 841. The molecule has 1 aromatic heterocycles. The van der Waals surface area contributed by atoms with Crippen LogP contribution in [0.2, 0.25) is 0 Å². The number of hydrogen-bond acceptors (Lipinski definition) is 4. The summed E-state index contributed by atoms with van der Waals surface area (Å²) in [5.74, 6) is 0.465. The number of amides is 1. The first kappa shape index (κ1) is 15.7. The number of nitrogens with zero attached hydrogens (tertiary/aromatic N) is 2. The minimum absolute atomic E-state index is 0.174. The lowest BCUT2D eigenvalue weighted by Gasteiger charge is -2.15. The maximum atomic E-state index is 13.0. The third-order valence-corrected chi connectivity index (χ3v) is 3.62. The second-order valence-corrected chi connectivity index (χ2v) is 5.15. The molecule has 6 heteroatoms. The highest BCUT2D eigenvalue weighted by Gasteiger charge is 2.19. The number of ether oxygens (including phenoxy) is 1. The van der Waals surface area contributed by atoms with E-state index in [1.807, 2.05) is 0 Å². The van der Waals surface area contributed by atoms with Crippen LogP contribution in [0.25, 0.3) is 11.3 Å². The topological polar surface area (TPSA) is 55.6 Å². The average Bonchev–Trinajstić information content (AvgIpc) is 3.11. The molecule has 3 aromatic rings. The number of benzene rings is 2. The molecule has 0 saturated heterocycles. The smallest absolute Gasteiger partial charge is 0.280 e. The van der Waals surface area contributed by atoms with E-state index in [1.165, 1.54) is 23.1 Å². The van der Waals surface area contributed by atoms with Crippen molar-refractivity contribution < 1.29 is 18.4 Å². The quantitative estimate of drug-likeness (QED) is 0.732. The van der Waals surface area contributed by atoms with Gasteiger partial charge in [0, 0.05) is 24.4 Å². The van der Waals surface area contributed by atoms with Gasteiger partial charge in [-0.25, -0.2) is 4.39 Å². The molecule has 0 atom stereocenters. The van der Waals surface area contributed by atoms with E-state index >= 15 is 0 Å². The van der Waals surface area contributed by atoms with Crippen LogP contribution in [0, 0.1) is 5.82 Å². The van der Waals surface area contributed by atoms with E-state index in [2.05, 4.69) is 5.16 Å². The van der Waals surface area contributed by atoms with Gasteiger partial charge in [0.1, 0.15) is 11.6 Å². The van der Waals surface area contributed by atoms with Crippen molar-refractivity contribution in [2.75, 3.05) is 19.1 Å². The molecule has 122 valence electrons. The van der Waals surface area contributed by atoms with Gasteiger partial charge in [-0.15, -0.1) is 0 Å². The van der Waals surface area contributed by atoms with Gasteiger partial charge in [0.05, 0.1) is 7.11 Å². The van der Waals surface area contributed by atoms with Gasteiger partial charge in [-0.05, 0) is 48.5 Å². The molecule has 24 heavy (non-hydrogen) atoms. The van der Waals surface area contributed by atoms with Crippen LogP contribution in [0.1, 0.15) is 10.5 Å². The lowest BCUT2D eigenvalue weighted by molar-refractivity contribution is 0.0984. The molecule has 0 aliphatic rings. The van der Waals surface area contributed by atoms with Gasteiger partial charge in [-0.1, -0.05) is 5.16 Å². The van der Waals surface area contributed by atoms with E-state index in [0.29, 0.717) is 22.8 Å². The Morgan fingerprint density at radius 2 is 1.79 bits per heavy atom. The zero-order valence-electron chi connectivity index (χ0n) is 13.2. The first-order valence-electron chi connectivity index (χ1n) is 7.23. The van der Waals surface area contributed by atoms with E-state index < -0.39 is 0 Å². The van der Waals surface area contributed by atoms with Crippen molar-refractivity contribution in [3.63, 3.8) is 0 Å². The Labute approximate surface area is 138 Å². The van der Waals surface area contributed by atoms with E-state index in [4.69, 9.17) is 9.26 Å². The summed E-state index contributed by atoms with van der Waals surface area (Å²) in [5.41, 5.74) is 1.52. The van der Waals surface area contributed by atoms with Crippen LogP contribution in [0.15, 0.2) is 59.1 Å². The highest BCUT2D eigenvalue weighted by Crippen LogP contribution is 2.23. The van der Waals surface area contributed by atoms with Crippen LogP contribution < -0.4 is 9.64 Å². The molecule has 0 radical (unpaired) electrons. The second kappa shape index (κ2) is 6.54. The fourth-order valence-corrected chi connectivity index (χ4v) is 2.22. The Morgan fingerprint density at radius 1 is 1.12 bits per heavy atom. The summed E-state index contributed by atoms with van der Waals surface area (Å²) >= 11 is 0. The molecule has 0 fully saturated rings. The van der Waals surface area contributed by atoms with E-state index in [1.54, 1.807) is 50.6 Å². The number of methoxy groups -OCH3 is 1. The summed E-state index contributed by atoms with van der Waals surface area (Å²) in [4.78, 5) is 14.0. The van der Waals surface area contributed by atoms with Crippen molar-refractivity contribution in [3.8, 4) is 17.1 Å². The highest BCUT2D eigenvalue weighted by atomic mass is 19.1. The Hall–Kier alpha value is -3.15. The molecule has 3 rings (SSSR count). The van der Waals surface area contributed by atoms with Crippen LogP contribution in [0.4, 0.5) is 10.1 Å². The number of carbonyl (C=O) groups excluding carboxylic acids is 1. The standard InChI is InChI=1S/C18H15FN2O3/c1-21(14-7-9-15(23-2)10-8-14)18(22)16-11-17(24-20-16)12-3-5-13(19)6-4-12/h3-11H,1-2H3. The van der Waals surface area contributed by atoms with Gasteiger partial charge in [0.25, 0.3) is 5.91 Å². The summed E-state index contributed by atoms with van der Waals surface area (Å²) in [5, 5.41) is 3.81. The lowest BCUT2D eigenvalue weighted by atomic mass is 10.1. The highest BCUT2D eigenvalue weighted by molar-refractivity contribution is 6.04. The van der Waals surface area contributed by atoms with Gasteiger partial charge in [-0.3, -0.25) is 4.79 Å². The molecule has 1 amide bonds. The van der Waals surface area contributed by atoms with Gasteiger partial charge in [0.2, 0.25) is 0 Å². The predicted molar refractivity (Wildman–Crippen MR) is 87.6 cm³/mol. The lowest BCUT2D eigenvalue weighted by Crippen LogP contribution is -2.26. The maximum Gasteiger partial charge on any atom is 0.280 e. The zero-order valence-corrected chi connectivity index (χ0v) is 13.2. The molecule has 0 aliphatic heterocycles. The van der Waals surface area contributed by atoms with Crippen LogP contribution in [-0.4, -0.2) is 25.2 Å². The van der Waals surface area contributed by atoms with Crippen molar-refractivity contribution in [1.29, 1.82) is 0 Å². The normalized spacial score (nSPS) is 10.5. The number of rotatable bonds is 4. The van der Waals surface area contributed by atoms with Crippen LogP contribution in [0.3, 0.4) is 0 Å². The molecule has 0 aliphatic carbocycles. The van der Waals surface area contributed by atoms with Crippen molar-refractivity contribution in [2.24, 2.45) is 0 Å². The minimum atomic E-state index is -0.339. The summed E-state index contributed by atoms with van der Waals surface area (Å²) in [6.07, 6.45) is 0. The predicted octanol–water partition coefficient (Wildman–Crippen LogP) is 3.77. The fourth-order valence-electron chi connectivity index (χ4n) is 2.22. The first-order valence-corrected chi connectivity index (χ1v) is 7.23. The summed E-state index contributed by atoms with van der Waals surface area (Å²) in [6.45, 7) is 0. The van der Waals surface area contributed by atoms with Crippen LogP contribution in [0.5, 0.6) is 5.75 Å². The van der Waals surface area contributed by atoms with Crippen molar-refractivity contribution >= 4 is 11.6 Å². The number of anilines is 1. The molecule has 0 saturated carbocycles. The van der Waals surface area contributed by atoms with Gasteiger partial charge < -0.3 is 14.2 Å². The van der Waals surface area contributed by atoms with Crippen molar-refractivity contribution in [1.82, 2.24) is 5.16 Å². The molecule has 0 unspecified atom stereocenters. The SMILES string of the molecule is COc1ccc(N(C)C(=O)c2cc(-c3ccc(F)cc3)on2)cc1. The Balaban J connectivity index is 1.80. The largest absolute Gasteiger partial charge is 0.497 e. The molecule has 1 heterocycles. The third kappa shape index (κ3) is 3.12. The number of aromatic nitrogens is 1. The van der Waals surface area contributed by atoms with E-state index in [-0.39, 0.29) is 17.4 Å². The average molecular weight is 326 g/mol. The van der Waals surface area contributed by atoms with E-state index in [9.17, 15) is 9.18 Å². The Kier molecular flexibility index (Phi) is 4.29. The van der Waals surface area contributed by atoms with Crippen molar-refractivity contribution in [2.45, 2.75) is 0 Å². The second-order valence-electron chi connectivity index (χ2n) is 5.15. The summed E-state index contributed by atoms with van der Waals surface area (Å²) in [6, 6.07) is 14.4. The molecular weight excluding hydrogens is 311 g/mol. The van der Waals surface area contributed by atoms with Gasteiger partial charge in [-0.2, -0.15) is 0 Å². The maximum absolute atomic E-state index is 13.0. The van der Waals surface area contributed by atoms with Crippen molar-refractivity contribution in [3.05, 3.63) is 66.1 Å². The molecule has 2 aromatic carbocycles. The third-order valence-electron chi connectivity index (χ3n) is 3.62. The van der Waals surface area contributed by atoms with Gasteiger partial charge >= 0.3 is 0 Å². The molecule has 0 N–H and O–H groups in total. The fraction of sp³-hybridized carbons (Fsp3) is 0.111. The van der Waals surface area contributed by atoms with Gasteiger partial charge in [0.15, 0.2) is 11.5 Å². The molecule has 0 bridgehead atoms.